The lowest BCUT2D eigenvalue weighted by Gasteiger charge is -2.16. The molecule has 5 nitrogen and oxygen atoms in total. The summed E-state index contributed by atoms with van der Waals surface area (Å²) in [7, 11) is 3.82. The van der Waals surface area contributed by atoms with Crippen LogP contribution in [0, 0.1) is 0 Å². The summed E-state index contributed by atoms with van der Waals surface area (Å²) in [6.45, 7) is 2.58. The Morgan fingerprint density at radius 2 is 2.00 bits per heavy atom. The molecule has 2 heterocycles. The zero-order valence-electron chi connectivity index (χ0n) is 13.5. The molecule has 3 rings (SSSR count). The van der Waals surface area contributed by atoms with Crippen molar-refractivity contribution in [1.29, 1.82) is 0 Å². The fraction of sp³-hybridized carbons (Fsp3) is 0.278. The summed E-state index contributed by atoms with van der Waals surface area (Å²) in [5, 5.41) is 0.964. The first-order valence-corrected chi connectivity index (χ1v) is 7.67. The Morgan fingerprint density at radius 3 is 2.74 bits per heavy atom. The van der Waals surface area contributed by atoms with Gasteiger partial charge in [-0.15, -0.1) is 0 Å². The van der Waals surface area contributed by atoms with Crippen molar-refractivity contribution >= 4 is 16.7 Å². The molecule has 0 spiro atoms. The number of nitrogen functional groups attached to an aromatic ring is 1. The predicted molar refractivity (Wildman–Crippen MR) is 94.2 cm³/mol. The SMILES string of the molecule is COCCN(C)Cc1ccc(-c2cnc3[nH]cc(N)c3c2)cc1. The molecule has 120 valence electrons. The molecule has 0 amide bonds. The first-order valence-electron chi connectivity index (χ1n) is 7.67. The molecule has 0 bridgehead atoms. The number of anilines is 1. The Bertz CT molecular complexity index is 779. The van der Waals surface area contributed by atoms with Gasteiger partial charge in [0.2, 0.25) is 0 Å². The van der Waals surface area contributed by atoms with Crippen LogP contribution in [0.5, 0.6) is 0 Å². The van der Waals surface area contributed by atoms with E-state index in [9.17, 15) is 0 Å². The van der Waals surface area contributed by atoms with Crippen molar-refractivity contribution < 1.29 is 4.74 Å². The number of nitrogens with one attached hydrogen (secondary N) is 1. The molecule has 5 heteroatoms. The molecule has 0 aliphatic heterocycles. The molecule has 2 aromatic heterocycles. The molecule has 0 saturated carbocycles. The lowest BCUT2D eigenvalue weighted by atomic mass is 10.0. The molecule has 0 aliphatic carbocycles. The molecule has 0 saturated heterocycles. The van der Waals surface area contributed by atoms with Crippen LogP contribution in [0.2, 0.25) is 0 Å². The van der Waals surface area contributed by atoms with Crippen molar-refractivity contribution in [3.63, 3.8) is 0 Å². The van der Waals surface area contributed by atoms with Crippen molar-refractivity contribution in [2.75, 3.05) is 33.0 Å². The van der Waals surface area contributed by atoms with Crippen molar-refractivity contribution in [1.82, 2.24) is 14.9 Å². The van der Waals surface area contributed by atoms with Crippen molar-refractivity contribution in [2.24, 2.45) is 0 Å². The highest BCUT2D eigenvalue weighted by molar-refractivity contribution is 5.91. The number of benzene rings is 1. The zero-order valence-corrected chi connectivity index (χ0v) is 13.5. The number of fused-ring (bicyclic) bond motifs is 1. The monoisotopic (exact) mass is 310 g/mol. The summed E-state index contributed by atoms with van der Waals surface area (Å²) >= 11 is 0. The van der Waals surface area contributed by atoms with E-state index < -0.39 is 0 Å². The highest BCUT2D eigenvalue weighted by Crippen LogP contribution is 2.26. The van der Waals surface area contributed by atoms with Crippen LogP contribution >= 0.6 is 0 Å². The van der Waals surface area contributed by atoms with Crippen molar-refractivity contribution in [3.05, 3.63) is 48.3 Å². The van der Waals surface area contributed by atoms with E-state index in [-0.39, 0.29) is 0 Å². The van der Waals surface area contributed by atoms with Gasteiger partial charge in [0, 0.05) is 43.5 Å². The lowest BCUT2D eigenvalue weighted by Crippen LogP contribution is -2.22. The predicted octanol–water partition coefficient (Wildman–Crippen LogP) is 2.89. The molecule has 0 unspecified atom stereocenters. The van der Waals surface area contributed by atoms with Crippen LogP contribution in [0.3, 0.4) is 0 Å². The quantitative estimate of drug-likeness (QED) is 0.734. The molecule has 1 aromatic carbocycles. The summed E-state index contributed by atoms with van der Waals surface area (Å²) in [4.78, 5) is 9.73. The third-order valence-electron chi connectivity index (χ3n) is 3.98. The van der Waals surface area contributed by atoms with E-state index in [2.05, 4.69) is 52.2 Å². The number of aromatic nitrogens is 2. The minimum atomic E-state index is 0.728. The number of likely N-dealkylation sites (N-methyl/N-ethyl adjacent to an activating group) is 1. The van der Waals surface area contributed by atoms with E-state index in [1.165, 1.54) is 5.56 Å². The van der Waals surface area contributed by atoms with E-state index in [0.29, 0.717) is 0 Å². The number of nitrogens with zero attached hydrogens (tertiary/aromatic N) is 2. The second kappa shape index (κ2) is 6.81. The first-order chi connectivity index (χ1) is 11.2. The minimum absolute atomic E-state index is 0.728. The standard InChI is InChI=1S/C18H22N4O/c1-22(7-8-23-2)12-13-3-5-14(6-4-13)15-9-16-17(19)11-21-18(16)20-10-15/h3-6,9-11H,7-8,12,19H2,1-2H3,(H,20,21). The molecule has 23 heavy (non-hydrogen) atoms. The summed E-state index contributed by atoms with van der Waals surface area (Å²) in [5.74, 6) is 0. The van der Waals surface area contributed by atoms with Gasteiger partial charge in [0.1, 0.15) is 5.65 Å². The van der Waals surface area contributed by atoms with E-state index in [4.69, 9.17) is 10.5 Å². The number of methoxy groups -OCH3 is 1. The molecule has 0 radical (unpaired) electrons. The molecular weight excluding hydrogens is 288 g/mol. The number of pyridine rings is 1. The normalized spacial score (nSPS) is 11.4. The van der Waals surface area contributed by atoms with Crippen LogP contribution in [-0.2, 0) is 11.3 Å². The van der Waals surface area contributed by atoms with Crippen LogP contribution in [-0.4, -0.2) is 42.2 Å². The number of H-pyrrole nitrogens is 1. The highest BCUT2D eigenvalue weighted by Gasteiger charge is 2.06. The molecule has 3 N–H and O–H groups in total. The number of nitrogens with two attached hydrogens (primary N) is 1. The van der Waals surface area contributed by atoms with Crippen LogP contribution in [0.25, 0.3) is 22.2 Å². The summed E-state index contributed by atoms with van der Waals surface area (Å²) in [5.41, 5.74) is 11.0. The fourth-order valence-electron chi connectivity index (χ4n) is 2.62. The van der Waals surface area contributed by atoms with E-state index in [1.807, 2.05) is 6.20 Å². The Labute approximate surface area is 136 Å². The number of ether oxygens (including phenoxy) is 1. The van der Waals surface area contributed by atoms with Crippen LogP contribution in [0.1, 0.15) is 5.56 Å². The second-order valence-electron chi connectivity index (χ2n) is 5.79. The summed E-state index contributed by atoms with van der Waals surface area (Å²) < 4.78 is 5.10. The zero-order chi connectivity index (χ0) is 16.2. The topological polar surface area (TPSA) is 67.2 Å². The molecule has 0 fully saturated rings. The number of hydrogen-bond acceptors (Lipinski definition) is 4. The average Bonchev–Trinajstić information content (AvgIpc) is 2.94. The highest BCUT2D eigenvalue weighted by atomic mass is 16.5. The smallest absolute Gasteiger partial charge is 0.139 e. The Balaban J connectivity index is 1.76. The van der Waals surface area contributed by atoms with Crippen molar-refractivity contribution in [2.45, 2.75) is 6.54 Å². The second-order valence-corrected chi connectivity index (χ2v) is 5.79. The Hall–Kier alpha value is -2.37. The maximum atomic E-state index is 5.96. The van der Waals surface area contributed by atoms with Gasteiger partial charge >= 0.3 is 0 Å². The van der Waals surface area contributed by atoms with Gasteiger partial charge in [-0.05, 0) is 24.2 Å². The molecule has 3 aromatic rings. The lowest BCUT2D eigenvalue weighted by molar-refractivity contribution is 0.158. The van der Waals surface area contributed by atoms with E-state index in [1.54, 1.807) is 13.3 Å². The van der Waals surface area contributed by atoms with Gasteiger partial charge in [-0.1, -0.05) is 24.3 Å². The Kier molecular flexibility index (Phi) is 4.60. The summed E-state index contributed by atoms with van der Waals surface area (Å²) in [6, 6.07) is 10.6. The summed E-state index contributed by atoms with van der Waals surface area (Å²) in [6.07, 6.45) is 3.65. The largest absolute Gasteiger partial charge is 0.397 e. The van der Waals surface area contributed by atoms with Crippen LogP contribution in [0.4, 0.5) is 5.69 Å². The van der Waals surface area contributed by atoms with Gasteiger partial charge in [-0.3, -0.25) is 4.90 Å². The van der Waals surface area contributed by atoms with E-state index >= 15 is 0 Å². The van der Waals surface area contributed by atoms with Crippen LogP contribution < -0.4 is 5.73 Å². The van der Waals surface area contributed by atoms with Gasteiger partial charge in [-0.25, -0.2) is 4.98 Å². The van der Waals surface area contributed by atoms with Gasteiger partial charge in [0.05, 0.1) is 12.3 Å². The number of rotatable bonds is 6. The van der Waals surface area contributed by atoms with Gasteiger partial charge in [0.25, 0.3) is 0 Å². The van der Waals surface area contributed by atoms with Crippen molar-refractivity contribution in [3.8, 4) is 11.1 Å². The van der Waals surface area contributed by atoms with Gasteiger partial charge < -0.3 is 15.5 Å². The van der Waals surface area contributed by atoms with E-state index in [0.717, 1.165) is 47.5 Å². The third-order valence-corrected chi connectivity index (χ3v) is 3.98. The van der Waals surface area contributed by atoms with Gasteiger partial charge in [-0.2, -0.15) is 0 Å². The Morgan fingerprint density at radius 1 is 1.22 bits per heavy atom. The number of aromatic amines is 1. The minimum Gasteiger partial charge on any atom is -0.397 e. The maximum absolute atomic E-state index is 5.96. The van der Waals surface area contributed by atoms with Gasteiger partial charge in [0.15, 0.2) is 0 Å². The maximum Gasteiger partial charge on any atom is 0.139 e. The molecular formula is C18H22N4O. The van der Waals surface area contributed by atoms with Crippen LogP contribution in [0.15, 0.2) is 42.7 Å². The average molecular weight is 310 g/mol. The molecule has 0 aliphatic rings. The molecule has 0 atom stereocenters. The first kappa shape index (κ1) is 15.5. The third kappa shape index (κ3) is 3.52. The number of hydrogen-bond donors (Lipinski definition) is 2. The fourth-order valence-corrected chi connectivity index (χ4v) is 2.62.